The van der Waals surface area contributed by atoms with Gasteiger partial charge < -0.3 is 10.6 Å². The summed E-state index contributed by atoms with van der Waals surface area (Å²) in [5.41, 5.74) is 1.06. The summed E-state index contributed by atoms with van der Waals surface area (Å²) in [5.74, 6) is 0.0246. The molecule has 1 amide bonds. The molecule has 0 bridgehead atoms. The molecule has 1 aromatic carbocycles. The molecule has 2 unspecified atom stereocenters. The number of carbonyl (C=O) groups is 1. The van der Waals surface area contributed by atoms with Crippen molar-refractivity contribution >= 4 is 29.9 Å². The molecule has 0 radical (unpaired) electrons. The van der Waals surface area contributed by atoms with Crippen LogP contribution < -0.4 is 10.6 Å². The van der Waals surface area contributed by atoms with Crippen LogP contribution >= 0.6 is 24.0 Å². The van der Waals surface area contributed by atoms with Crippen LogP contribution in [0.2, 0.25) is 5.02 Å². The molecular weight excluding hydrogens is 271 g/mol. The summed E-state index contributed by atoms with van der Waals surface area (Å²) < 4.78 is 0. The van der Waals surface area contributed by atoms with Crippen LogP contribution in [0.4, 0.5) is 0 Å². The van der Waals surface area contributed by atoms with Gasteiger partial charge in [0.15, 0.2) is 0 Å². The monoisotopic (exact) mass is 290 g/mol. The standard InChI is InChI=1S/C13H19ClN2O.ClH/c1-9(8-15-3)13(17)16-10(2)11-4-6-12(14)7-5-11;/h4-7,9-10,15H,8H2,1-3H3,(H,16,17);1H. The molecule has 2 N–H and O–H groups in total. The second kappa shape index (κ2) is 8.35. The number of halogens is 2. The van der Waals surface area contributed by atoms with Crippen LogP contribution in [0.5, 0.6) is 0 Å². The maximum atomic E-state index is 11.8. The smallest absolute Gasteiger partial charge is 0.224 e. The Morgan fingerprint density at radius 2 is 1.83 bits per heavy atom. The Morgan fingerprint density at radius 3 is 2.33 bits per heavy atom. The van der Waals surface area contributed by atoms with E-state index in [1.165, 1.54) is 0 Å². The van der Waals surface area contributed by atoms with Gasteiger partial charge in [0.1, 0.15) is 0 Å². The average molecular weight is 291 g/mol. The molecule has 1 aromatic rings. The zero-order valence-electron chi connectivity index (χ0n) is 10.9. The lowest BCUT2D eigenvalue weighted by Crippen LogP contribution is -2.35. The lowest BCUT2D eigenvalue weighted by molar-refractivity contribution is -0.125. The summed E-state index contributed by atoms with van der Waals surface area (Å²) >= 11 is 5.82. The van der Waals surface area contributed by atoms with Crippen molar-refractivity contribution in [2.75, 3.05) is 13.6 Å². The molecule has 102 valence electrons. The largest absolute Gasteiger partial charge is 0.349 e. The maximum absolute atomic E-state index is 11.8. The predicted molar refractivity (Wildman–Crippen MR) is 78.3 cm³/mol. The molecule has 0 heterocycles. The van der Waals surface area contributed by atoms with E-state index in [0.717, 1.165) is 5.56 Å². The third-order valence-corrected chi connectivity index (χ3v) is 2.94. The second-order valence-corrected chi connectivity index (χ2v) is 4.68. The molecule has 0 aliphatic rings. The summed E-state index contributed by atoms with van der Waals surface area (Å²) in [7, 11) is 1.84. The van der Waals surface area contributed by atoms with E-state index in [4.69, 9.17) is 11.6 Å². The van der Waals surface area contributed by atoms with E-state index in [2.05, 4.69) is 10.6 Å². The first-order valence-electron chi connectivity index (χ1n) is 5.75. The van der Waals surface area contributed by atoms with Crippen LogP contribution in [0, 0.1) is 5.92 Å². The van der Waals surface area contributed by atoms with Crippen molar-refractivity contribution in [3.8, 4) is 0 Å². The van der Waals surface area contributed by atoms with Crippen LogP contribution in [0.25, 0.3) is 0 Å². The Morgan fingerprint density at radius 1 is 1.28 bits per heavy atom. The molecule has 3 nitrogen and oxygen atoms in total. The summed E-state index contributed by atoms with van der Waals surface area (Å²) in [4.78, 5) is 11.8. The normalized spacial score (nSPS) is 13.3. The van der Waals surface area contributed by atoms with Gasteiger partial charge in [-0.25, -0.2) is 0 Å². The van der Waals surface area contributed by atoms with E-state index in [1.54, 1.807) is 0 Å². The van der Waals surface area contributed by atoms with E-state index >= 15 is 0 Å². The fourth-order valence-electron chi connectivity index (χ4n) is 1.59. The average Bonchev–Trinajstić information content (AvgIpc) is 2.30. The molecule has 2 atom stereocenters. The van der Waals surface area contributed by atoms with Crippen molar-refractivity contribution in [3.05, 3.63) is 34.9 Å². The number of amides is 1. The topological polar surface area (TPSA) is 41.1 Å². The van der Waals surface area contributed by atoms with E-state index in [9.17, 15) is 4.79 Å². The molecule has 0 spiro atoms. The molecule has 0 aromatic heterocycles. The molecule has 0 aliphatic carbocycles. The fraction of sp³-hybridized carbons (Fsp3) is 0.462. The SMILES string of the molecule is CNCC(C)C(=O)NC(C)c1ccc(Cl)cc1.Cl. The van der Waals surface area contributed by atoms with Crippen molar-refractivity contribution in [3.63, 3.8) is 0 Å². The fourth-order valence-corrected chi connectivity index (χ4v) is 1.72. The van der Waals surface area contributed by atoms with Crippen LogP contribution in [0.1, 0.15) is 25.5 Å². The van der Waals surface area contributed by atoms with Crippen LogP contribution in [-0.4, -0.2) is 19.5 Å². The molecule has 0 saturated carbocycles. The van der Waals surface area contributed by atoms with Gasteiger partial charge >= 0.3 is 0 Å². The molecule has 0 aliphatic heterocycles. The van der Waals surface area contributed by atoms with Gasteiger partial charge in [0, 0.05) is 17.5 Å². The highest BCUT2D eigenvalue weighted by molar-refractivity contribution is 6.30. The second-order valence-electron chi connectivity index (χ2n) is 4.24. The van der Waals surface area contributed by atoms with Crippen molar-refractivity contribution in [2.24, 2.45) is 5.92 Å². The lowest BCUT2D eigenvalue weighted by atomic mass is 10.1. The molecule has 1 rings (SSSR count). The highest BCUT2D eigenvalue weighted by atomic mass is 35.5. The Labute approximate surface area is 120 Å². The molecule has 18 heavy (non-hydrogen) atoms. The number of hydrogen-bond donors (Lipinski definition) is 2. The Balaban J connectivity index is 0.00000289. The van der Waals surface area contributed by atoms with Gasteiger partial charge in [-0.15, -0.1) is 12.4 Å². The number of hydrogen-bond acceptors (Lipinski definition) is 2. The van der Waals surface area contributed by atoms with Crippen LogP contribution in [0.3, 0.4) is 0 Å². The first-order valence-corrected chi connectivity index (χ1v) is 6.12. The first-order chi connectivity index (χ1) is 8.04. The van der Waals surface area contributed by atoms with Crippen molar-refractivity contribution in [1.29, 1.82) is 0 Å². The van der Waals surface area contributed by atoms with Crippen molar-refractivity contribution in [2.45, 2.75) is 19.9 Å². The molecule has 5 heteroatoms. The quantitative estimate of drug-likeness (QED) is 0.876. The minimum Gasteiger partial charge on any atom is -0.349 e. The van der Waals surface area contributed by atoms with Gasteiger partial charge in [0.2, 0.25) is 5.91 Å². The Bertz CT molecular complexity index is 368. The van der Waals surface area contributed by atoms with E-state index < -0.39 is 0 Å². The predicted octanol–water partition coefficient (Wildman–Crippen LogP) is 2.79. The van der Waals surface area contributed by atoms with Crippen molar-refractivity contribution < 1.29 is 4.79 Å². The number of carbonyl (C=O) groups excluding carboxylic acids is 1. The highest BCUT2D eigenvalue weighted by Crippen LogP contribution is 2.16. The Hall–Kier alpha value is -0.770. The van der Waals surface area contributed by atoms with E-state index in [1.807, 2.05) is 45.2 Å². The number of nitrogens with one attached hydrogen (secondary N) is 2. The third-order valence-electron chi connectivity index (χ3n) is 2.69. The van der Waals surface area contributed by atoms with Gasteiger partial charge in [-0.1, -0.05) is 30.7 Å². The summed E-state index contributed by atoms with van der Waals surface area (Å²) in [6, 6.07) is 7.51. The Kier molecular flexibility index (Phi) is 8.00. The number of rotatable bonds is 5. The summed E-state index contributed by atoms with van der Waals surface area (Å²) in [6.45, 7) is 4.55. The third kappa shape index (κ3) is 5.25. The number of benzene rings is 1. The van der Waals surface area contributed by atoms with Crippen molar-refractivity contribution in [1.82, 2.24) is 10.6 Å². The van der Waals surface area contributed by atoms with Gasteiger partial charge in [-0.3, -0.25) is 4.79 Å². The highest BCUT2D eigenvalue weighted by Gasteiger charge is 2.15. The molecule has 0 fully saturated rings. The summed E-state index contributed by atoms with van der Waals surface area (Å²) in [5, 5.41) is 6.67. The zero-order valence-corrected chi connectivity index (χ0v) is 12.4. The van der Waals surface area contributed by atoms with Crippen LogP contribution in [0.15, 0.2) is 24.3 Å². The minimum atomic E-state index is -0.0326. The maximum Gasteiger partial charge on any atom is 0.224 e. The van der Waals surface area contributed by atoms with Gasteiger partial charge in [-0.05, 0) is 31.7 Å². The van der Waals surface area contributed by atoms with E-state index in [0.29, 0.717) is 11.6 Å². The van der Waals surface area contributed by atoms with Gasteiger partial charge in [0.25, 0.3) is 0 Å². The molecule has 0 saturated heterocycles. The lowest BCUT2D eigenvalue weighted by Gasteiger charge is -2.17. The summed E-state index contributed by atoms with van der Waals surface area (Å²) in [6.07, 6.45) is 0. The van der Waals surface area contributed by atoms with E-state index in [-0.39, 0.29) is 30.3 Å². The minimum absolute atomic E-state index is 0. The van der Waals surface area contributed by atoms with Gasteiger partial charge in [0.05, 0.1) is 6.04 Å². The van der Waals surface area contributed by atoms with Gasteiger partial charge in [-0.2, -0.15) is 0 Å². The van der Waals surface area contributed by atoms with Crippen LogP contribution in [-0.2, 0) is 4.79 Å². The molecular formula is C13H20Cl2N2O. The zero-order chi connectivity index (χ0) is 12.8. The first kappa shape index (κ1) is 17.2.